The molecule has 0 spiro atoms. The van der Waals surface area contributed by atoms with Crippen molar-refractivity contribution in [3.05, 3.63) is 60.4 Å². The first-order chi connectivity index (χ1) is 14.2. The van der Waals surface area contributed by atoms with Crippen LogP contribution in [0.2, 0.25) is 0 Å². The van der Waals surface area contributed by atoms with E-state index in [1.807, 2.05) is 19.1 Å². The molecule has 0 N–H and O–H groups in total. The summed E-state index contributed by atoms with van der Waals surface area (Å²) in [7, 11) is 0. The first-order valence-corrected chi connectivity index (χ1v) is 9.69. The number of esters is 1. The van der Waals surface area contributed by atoms with Crippen LogP contribution in [0.25, 0.3) is 0 Å². The highest BCUT2D eigenvalue weighted by Gasteiger charge is 2.42. The van der Waals surface area contributed by atoms with Gasteiger partial charge in [0.25, 0.3) is 0 Å². The van der Waals surface area contributed by atoms with Crippen LogP contribution in [-0.2, 0) is 14.3 Å². The molecule has 1 aromatic heterocycles. The maximum absolute atomic E-state index is 12.9. The van der Waals surface area contributed by atoms with Crippen molar-refractivity contribution in [3.63, 3.8) is 0 Å². The second-order valence-electron chi connectivity index (χ2n) is 6.93. The molecule has 0 saturated heterocycles. The Morgan fingerprint density at radius 1 is 1.14 bits per heavy atom. The topological polar surface area (TPSA) is 84.2 Å². The molecule has 1 fully saturated rings. The van der Waals surface area contributed by atoms with Crippen molar-refractivity contribution in [1.29, 1.82) is 0 Å². The zero-order valence-corrected chi connectivity index (χ0v) is 16.0. The summed E-state index contributed by atoms with van der Waals surface area (Å²) < 4.78 is 27.7. The summed E-state index contributed by atoms with van der Waals surface area (Å²) >= 11 is 0. The SMILES string of the molecule is CCOc1ccccc1OC1=COC2CC(OC(=O)c3ccco3)CCC2C1=O. The number of carbonyl (C=O) groups is 2. The van der Waals surface area contributed by atoms with Gasteiger partial charge in [-0.15, -0.1) is 0 Å². The molecule has 152 valence electrons. The van der Waals surface area contributed by atoms with Gasteiger partial charge in [0.05, 0.1) is 18.8 Å². The summed E-state index contributed by atoms with van der Waals surface area (Å²) in [5.74, 6) is 0.418. The predicted octanol–water partition coefficient (Wildman–Crippen LogP) is 3.89. The molecule has 7 heteroatoms. The Morgan fingerprint density at radius 2 is 1.97 bits per heavy atom. The summed E-state index contributed by atoms with van der Waals surface area (Å²) in [6.07, 6.45) is 3.67. The molecule has 3 atom stereocenters. The van der Waals surface area contributed by atoms with Crippen molar-refractivity contribution in [2.75, 3.05) is 6.61 Å². The number of ether oxygens (including phenoxy) is 4. The van der Waals surface area contributed by atoms with E-state index in [4.69, 9.17) is 23.4 Å². The van der Waals surface area contributed by atoms with Gasteiger partial charge in [0, 0.05) is 6.42 Å². The number of benzene rings is 1. The number of allylic oxidation sites excluding steroid dienone is 1. The Labute approximate surface area is 168 Å². The van der Waals surface area contributed by atoms with E-state index in [2.05, 4.69) is 0 Å². The number of ketones is 1. The van der Waals surface area contributed by atoms with Gasteiger partial charge in [-0.05, 0) is 44.0 Å². The van der Waals surface area contributed by atoms with Crippen LogP contribution in [0.15, 0.2) is 59.1 Å². The van der Waals surface area contributed by atoms with E-state index >= 15 is 0 Å². The van der Waals surface area contributed by atoms with Gasteiger partial charge in [-0.1, -0.05) is 12.1 Å². The number of Topliss-reactive ketones (excluding diaryl/α,β-unsaturated/α-hetero) is 1. The van der Waals surface area contributed by atoms with Gasteiger partial charge < -0.3 is 23.4 Å². The molecule has 1 aliphatic heterocycles. The molecule has 1 aliphatic carbocycles. The van der Waals surface area contributed by atoms with E-state index in [0.717, 1.165) is 0 Å². The Hall–Kier alpha value is -3.22. The van der Waals surface area contributed by atoms with Crippen LogP contribution in [0, 0.1) is 5.92 Å². The van der Waals surface area contributed by atoms with E-state index in [0.29, 0.717) is 37.4 Å². The fourth-order valence-electron chi connectivity index (χ4n) is 3.65. The monoisotopic (exact) mass is 398 g/mol. The van der Waals surface area contributed by atoms with Crippen LogP contribution in [0.1, 0.15) is 36.7 Å². The lowest BCUT2D eigenvalue weighted by Gasteiger charge is -2.36. The molecule has 7 nitrogen and oxygen atoms in total. The number of fused-ring (bicyclic) bond motifs is 1. The molecule has 1 saturated carbocycles. The molecular weight excluding hydrogens is 376 g/mol. The van der Waals surface area contributed by atoms with Crippen LogP contribution in [0.4, 0.5) is 0 Å². The maximum Gasteiger partial charge on any atom is 0.374 e. The molecule has 4 rings (SSSR count). The van der Waals surface area contributed by atoms with Crippen molar-refractivity contribution in [1.82, 2.24) is 0 Å². The molecule has 0 amide bonds. The van der Waals surface area contributed by atoms with Crippen molar-refractivity contribution < 1.29 is 33.0 Å². The molecule has 0 radical (unpaired) electrons. The minimum Gasteiger partial charge on any atom is -0.493 e. The highest BCUT2D eigenvalue weighted by molar-refractivity contribution is 5.96. The average Bonchev–Trinajstić information content (AvgIpc) is 3.27. The minimum atomic E-state index is -0.507. The summed E-state index contributed by atoms with van der Waals surface area (Å²) in [6.45, 7) is 2.37. The van der Waals surface area contributed by atoms with Crippen molar-refractivity contribution in [3.8, 4) is 11.5 Å². The number of furan rings is 1. The van der Waals surface area contributed by atoms with Gasteiger partial charge in [0.15, 0.2) is 11.5 Å². The Balaban J connectivity index is 1.40. The number of hydrogen-bond acceptors (Lipinski definition) is 7. The lowest BCUT2D eigenvalue weighted by Crippen LogP contribution is -2.43. The second kappa shape index (κ2) is 8.43. The molecule has 1 aromatic carbocycles. The Morgan fingerprint density at radius 3 is 2.72 bits per heavy atom. The van der Waals surface area contributed by atoms with E-state index in [9.17, 15) is 9.59 Å². The van der Waals surface area contributed by atoms with Gasteiger partial charge in [0.1, 0.15) is 18.5 Å². The van der Waals surface area contributed by atoms with Gasteiger partial charge in [0.2, 0.25) is 17.3 Å². The van der Waals surface area contributed by atoms with Gasteiger partial charge >= 0.3 is 5.97 Å². The molecule has 2 heterocycles. The van der Waals surface area contributed by atoms with Crippen LogP contribution in [-0.4, -0.2) is 30.6 Å². The van der Waals surface area contributed by atoms with Gasteiger partial charge in [-0.25, -0.2) is 4.79 Å². The zero-order chi connectivity index (χ0) is 20.2. The lowest BCUT2D eigenvalue weighted by atomic mass is 9.80. The smallest absolute Gasteiger partial charge is 0.374 e. The number of rotatable bonds is 6. The fourth-order valence-corrected chi connectivity index (χ4v) is 3.65. The summed E-state index contributed by atoms with van der Waals surface area (Å²) in [5.41, 5.74) is 0. The predicted molar refractivity (Wildman–Crippen MR) is 101 cm³/mol. The Bertz CT molecular complexity index is 900. The number of carbonyl (C=O) groups excluding carboxylic acids is 2. The van der Waals surface area contributed by atoms with Crippen LogP contribution in [0.5, 0.6) is 11.5 Å². The third-order valence-electron chi connectivity index (χ3n) is 5.04. The normalized spacial score (nSPS) is 23.4. The lowest BCUT2D eigenvalue weighted by molar-refractivity contribution is -0.132. The standard InChI is InChI=1S/C22H22O7/c1-2-25-16-6-3-4-7-17(16)29-20-13-27-19-12-14(9-10-15(19)21(20)23)28-22(24)18-8-5-11-26-18/h3-8,11,13-15,19H,2,9-10,12H2,1H3. The summed E-state index contributed by atoms with van der Waals surface area (Å²) in [5, 5.41) is 0. The third kappa shape index (κ3) is 4.13. The van der Waals surface area contributed by atoms with Crippen LogP contribution >= 0.6 is 0 Å². The molecule has 29 heavy (non-hydrogen) atoms. The largest absolute Gasteiger partial charge is 0.493 e. The van der Waals surface area contributed by atoms with E-state index in [1.165, 1.54) is 12.5 Å². The quantitative estimate of drug-likeness (QED) is 0.683. The van der Waals surface area contributed by atoms with Crippen LogP contribution in [0.3, 0.4) is 0 Å². The third-order valence-corrected chi connectivity index (χ3v) is 5.04. The van der Waals surface area contributed by atoms with E-state index in [1.54, 1.807) is 24.3 Å². The molecule has 3 unspecified atom stereocenters. The van der Waals surface area contributed by atoms with Gasteiger partial charge in [-0.2, -0.15) is 0 Å². The highest BCUT2D eigenvalue weighted by Crippen LogP contribution is 2.36. The van der Waals surface area contributed by atoms with Crippen molar-refractivity contribution >= 4 is 11.8 Å². The summed E-state index contributed by atoms with van der Waals surface area (Å²) in [4.78, 5) is 25.0. The minimum absolute atomic E-state index is 0.108. The average molecular weight is 398 g/mol. The highest BCUT2D eigenvalue weighted by atomic mass is 16.6. The first-order valence-electron chi connectivity index (χ1n) is 9.69. The van der Waals surface area contributed by atoms with E-state index < -0.39 is 5.97 Å². The summed E-state index contributed by atoms with van der Waals surface area (Å²) in [6, 6.07) is 10.4. The molecule has 0 bridgehead atoms. The molecular formula is C22H22O7. The Kier molecular flexibility index (Phi) is 5.55. The first kappa shape index (κ1) is 19.1. The number of hydrogen-bond donors (Lipinski definition) is 0. The molecule has 2 aromatic rings. The fraction of sp³-hybridized carbons (Fsp3) is 0.364. The van der Waals surface area contributed by atoms with Crippen molar-refractivity contribution in [2.24, 2.45) is 5.92 Å². The molecule has 2 aliphatic rings. The second-order valence-corrected chi connectivity index (χ2v) is 6.93. The number of para-hydroxylation sites is 2. The van der Waals surface area contributed by atoms with Crippen LogP contribution < -0.4 is 9.47 Å². The zero-order valence-electron chi connectivity index (χ0n) is 16.0. The van der Waals surface area contributed by atoms with Gasteiger partial charge in [-0.3, -0.25) is 4.79 Å². The maximum atomic E-state index is 12.9. The van der Waals surface area contributed by atoms with E-state index in [-0.39, 0.29) is 35.4 Å². The van der Waals surface area contributed by atoms with Crippen molar-refractivity contribution in [2.45, 2.75) is 38.4 Å².